The number of fused-ring (bicyclic) bond motifs is 2. The Morgan fingerprint density at radius 3 is 2.51 bits per heavy atom. The molecule has 1 aromatic carbocycles. The SMILES string of the molecule is CCOC(=O)c1ccc(N2C(=O)[C@@H]3[C@H](c4cccnc4)c4sc(=O)n(CC(=O)N5CCOCC5)c4S[C@@H]3C2=O)cc1. The van der Waals surface area contributed by atoms with Gasteiger partial charge in [0.2, 0.25) is 17.7 Å². The maximum Gasteiger partial charge on any atom is 0.338 e. The fourth-order valence-electron chi connectivity index (χ4n) is 5.44. The Kier molecular flexibility index (Phi) is 7.49. The third kappa shape index (κ3) is 4.87. The van der Waals surface area contributed by atoms with E-state index in [9.17, 15) is 24.0 Å². The number of aromatic nitrogens is 2. The van der Waals surface area contributed by atoms with Crippen LogP contribution in [0.2, 0.25) is 0 Å². The van der Waals surface area contributed by atoms with Gasteiger partial charge in [0.1, 0.15) is 11.8 Å². The van der Waals surface area contributed by atoms with Gasteiger partial charge >= 0.3 is 10.8 Å². The first-order valence-electron chi connectivity index (χ1n) is 13.2. The van der Waals surface area contributed by atoms with Gasteiger partial charge in [0, 0.05) is 36.3 Å². The standard InChI is InChI=1S/C28H26N4O7S2/c1-2-39-27(36)16-5-7-18(8-6-16)32-24(34)21-20(17-4-3-9-29-14-17)23-26(40-22(21)25(32)35)31(28(37)41-23)15-19(33)30-10-12-38-13-11-30/h3-9,14,20-22H,2,10-13,15H2,1H3/t20-,21+,22-/m0/s1. The molecule has 11 nitrogen and oxygen atoms in total. The maximum absolute atomic E-state index is 14.0. The normalized spacial score (nSPS) is 21.9. The van der Waals surface area contributed by atoms with Gasteiger partial charge in [-0.3, -0.25) is 28.7 Å². The van der Waals surface area contributed by atoms with Crippen LogP contribution in [0.1, 0.15) is 33.6 Å². The van der Waals surface area contributed by atoms with Crippen molar-refractivity contribution in [3.63, 3.8) is 0 Å². The molecule has 3 amide bonds. The molecule has 3 aliphatic heterocycles. The van der Waals surface area contributed by atoms with E-state index in [1.54, 1.807) is 42.4 Å². The van der Waals surface area contributed by atoms with Crippen LogP contribution in [0.4, 0.5) is 5.69 Å². The van der Waals surface area contributed by atoms with Crippen LogP contribution in [0.3, 0.4) is 0 Å². The van der Waals surface area contributed by atoms with Crippen molar-refractivity contribution < 1.29 is 28.7 Å². The number of carbonyl (C=O) groups is 4. The molecule has 2 saturated heterocycles. The van der Waals surface area contributed by atoms with E-state index in [1.807, 2.05) is 6.07 Å². The molecule has 212 valence electrons. The third-order valence-electron chi connectivity index (χ3n) is 7.39. The number of ether oxygens (including phenoxy) is 2. The van der Waals surface area contributed by atoms with Crippen molar-refractivity contribution in [2.45, 2.75) is 29.7 Å². The van der Waals surface area contributed by atoms with Gasteiger partial charge in [-0.15, -0.1) is 0 Å². The van der Waals surface area contributed by atoms with Crippen LogP contribution in [0.15, 0.2) is 58.6 Å². The summed E-state index contributed by atoms with van der Waals surface area (Å²) in [6.07, 6.45) is 3.26. The molecule has 0 bridgehead atoms. The number of amides is 3. The second kappa shape index (κ2) is 11.2. The average Bonchev–Trinajstić information content (AvgIpc) is 3.44. The molecular formula is C28H26N4O7S2. The van der Waals surface area contributed by atoms with E-state index in [0.717, 1.165) is 28.0 Å². The minimum Gasteiger partial charge on any atom is -0.462 e. The van der Waals surface area contributed by atoms with E-state index in [-0.39, 0.29) is 23.9 Å². The van der Waals surface area contributed by atoms with E-state index in [2.05, 4.69) is 4.98 Å². The highest BCUT2D eigenvalue weighted by Crippen LogP contribution is 2.53. The molecule has 2 fully saturated rings. The quantitative estimate of drug-likeness (QED) is 0.311. The molecule has 13 heteroatoms. The molecule has 5 heterocycles. The fourth-order valence-corrected chi connectivity index (χ4v) is 8.21. The summed E-state index contributed by atoms with van der Waals surface area (Å²) in [4.78, 5) is 73.6. The van der Waals surface area contributed by atoms with Crippen LogP contribution in [0.5, 0.6) is 0 Å². The number of nitrogens with zero attached hydrogens (tertiary/aromatic N) is 4. The van der Waals surface area contributed by atoms with Gasteiger partial charge in [-0.1, -0.05) is 29.2 Å². The molecule has 0 unspecified atom stereocenters. The van der Waals surface area contributed by atoms with Gasteiger partial charge in [-0.05, 0) is 42.8 Å². The Bertz CT molecular complexity index is 1560. The van der Waals surface area contributed by atoms with Gasteiger partial charge in [0.25, 0.3) is 0 Å². The molecule has 3 atom stereocenters. The molecule has 3 aliphatic rings. The Labute approximate surface area is 243 Å². The molecule has 0 N–H and O–H groups in total. The third-order valence-corrected chi connectivity index (χ3v) is 9.99. The first-order chi connectivity index (χ1) is 19.9. The number of morpholine rings is 1. The topological polar surface area (TPSA) is 128 Å². The first-order valence-corrected chi connectivity index (χ1v) is 14.9. The van der Waals surface area contributed by atoms with Crippen LogP contribution < -0.4 is 9.77 Å². The zero-order valence-electron chi connectivity index (χ0n) is 22.1. The van der Waals surface area contributed by atoms with Crippen LogP contribution in [0.25, 0.3) is 0 Å². The van der Waals surface area contributed by atoms with Crippen LogP contribution in [0, 0.1) is 5.92 Å². The Balaban J connectivity index is 1.37. The highest BCUT2D eigenvalue weighted by Gasteiger charge is 2.57. The summed E-state index contributed by atoms with van der Waals surface area (Å²) < 4.78 is 11.8. The average molecular weight is 595 g/mol. The summed E-state index contributed by atoms with van der Waals surface area (Å²) in [5.41, 5.74) is 1.36. The predicted octanol–water partition coefficient (Wildman–Crippen LogP) is 2.14. The molecule has 6 rings (SSSR count). The van der Waals surface area contributed by atoms with Crippen molar-refractivity contribution in [1.82, 2.24) is 14.5 Å². The molecule has 0 aliphatic carbocycles. The summed E-state index contributed by atoms with van der Waals surface area (Å²) in [6, 6.07) is 9.73. The van der Waals surface area contributed by atoms with E-state index in [1.165, 1.54) is 16.7 Å². The van der Waals surface area contributed by atoms with Gasteiger partial charge < -0.3 is 14.4 Å². The van der Waals surface area contributed by atoms with Gasteiger partial charge in [0.05, 0.1) is 42.0 Å². The molecule has 2 aromatic heterocycles. The number of pyridine rings is 1. The van der Waals surface area contributed by atoms with Gasteiger partial charge in [-0.2, -0.15) is 0 Å². The predicted molar refractivity (Wildman–Crippen MR) is 150 cm³/mol. The van der Waals surface area contributed by atoms with Crippen molar-refractivity contribution >= 4 is 52.5 Å². The zero-order chi connectivity index (χ0) is 28.7. The molecule has 41 heavy (non-hydrogen) atoms. The molecule has 0 saturated carbocycles. The first kappa shape index (κ1) is 27.4. The lowest BCUT2D eigenvalue weighted by Crippen LogP contribution is -2.43. The second-order valence-corrected chi connectivity index (χ2v) is 11.8. The Hall–Kier alpha value is -3.81. The fraction of sp³-hybridized carbons (Fsp3) is 0.357. The smallest absolute Gasteiger partial charge is 0.338 e. The van der Waals surface area contributed by atoms with Crippen molar-refractivity contribution in [3.8, 4) is 0 Å². The summed E-state index contributed by atoms with van der Waals surface area (Å²) in [5, 5.41) is -0.291. The molecule has 0 radical (unpaired) electrons. The Morgan fingerprint density at radius 2 is 1.83 bits per heavy atom. The number of hydrogen-bond donors (Lipinski definition) is 0. The minimum absolute atomic E-state index is 0.157. The van der Waals surface area contributed by atoms with Gasteiger partial charge in [-0.25, -0.2) is 9.69 Å². The van der Waals surface area contributed by atoms with E-state index < -0.39 is 34.9 Å². The van der Waals surface area contributed by atoms with E-state index in [0.29, 0.717) is 53.0 Å². The lowest BCUT2D eigenvalue weighted by Gasteiger charge is -2.31. The number of thiazole rings is 1. The number of rotatable bonds is 6. The van der Waals surface area contributed by atoms with Crippen molar-refractivity contribution in [3.05, 3.63) is 74.5 Å². The van der Waals surface area contributed by atoms with Gasteiger partial charge in [0.15, 0.2) is 0 Å². The summed E-state index contributed by atoms with van der Waals surface area (Å²) in [5.74, 6) is -2.88. The Morgan fingerprint density at radius 1 is 1.07 bits per heavy atom. The molecular weight excluding hydrogens is 568 g/mol. The number of imide groups is 1. The number of thioether (sulfide) groups is 1. The zero-order valence-corrected chi connectivity index (χ0v) is 23.7. The van der Waals surface area contributed by atoms with Crippen molar-refractivity contribution in [2.75, 3.05) is 37.8 Å². The number of carbonyl (C=O) groups excluding carboxylic acids is 4. The number of benzene rings is 1. The number of hydrogen-bond acceptors (Lipinski definition) is 10. The molecule has 3 aromatic rings. The summed E-state index contributed by atoms with van der Waals surface area (Å²) >= 11 is 2.16. The highest BCUT2D eigenvalue weighted by molar-refractivity contribution is 8.00. The minimum atomic E-state index is -0.816. The maximum atomic E-state index is 14.0. The van der Waals surface area contributed by atoms with Crippen molar-refractivity contribution in [2.24, 2.45) is 5.92 Å². The second-order valence-electron chi connectivity index (χ2n) is 9.72. The lowest BCUT2D eigenvalue weighted by atomic mass is 9.84. The van der Waals surface area contributed by atoms with Crippen LogP contribution in [-0.4, -0.2) is 76.3 Å². The summed E-state index contributed by atoms with van der Waals surface area (Å²) in [7, 11) is 0. The van der Waals surface area contributed by atoms with Crippen LogP contribution in [-0.2, 0) is 30.4 Å². The van der Waals surface area contributed by atoms with E-state index >= 15 is 0 Å². The lowest BCUT2D eigenvalue weighted by molar-refractivity contribution is -0.136. The number of esters is 1. The van der Waals surface area contributed by atoms with Crippen molar-refractivity contribution in [1.29, 1.82) is 0 Å². The summed E-state index contributed by atoms with van der Waals surface area (Å²) in [6.45, 7) is 3.57. The van der Waals surface area contributed by atoms with Crippen LogP contribution >= 0.6 is 23.1 Å². The van der Waals surface area contributed by atoms with E-state index in [4.69, 9.17) is 9.47 Å². The highest BCUT2D eigenvalue weighted by atomic mass is 32.2. The number of anilines is 1. The molecule has 0 spiro atoms. The monoisotopic (exact) mass is 594 g/mol. The largest absolute Gasteiger partial charge is 0.462 e.